The van der Waals surface area contributed by atoms with Gasteiger partial charge in [0.25, 0.3) is 0 Å². The number of benzene rings is 1. The Morgan fingerprint density at radius 1 is 1.38 bits per heavy atom. The van der Waals surface area contributed by atoms with Gasteiger partial charge in [0.1, 0.15) is 11.5 Å². The summed E-state index contributed by atoms with van der Waals surface area (Å²) in [7, 11) is 3.16. The molecule has 9 heteroatoms. The predicted octanol–water partition coefficient (Wildman–Crippen LogP) is 3.87. The maximum absolute atomic E-state index is 12.6. The molecule has 1 aromatic carbocycles. The van der Waals surface area contributed by atoms with E-state index in [2.05, 4.69) is 27.3 Å². The van der Waals surface area contributed by atoms with Gasteiger partial charge in [0.05, 0.1) is 7.11 Å². The summed E-state index contributed by atoms with van der Waals surface area (Å²) >= 11 is 1.96. The second-order valence-corrected chi connectivity index (χ2v) is 7.72. The van der Waals surface area contributed by atoms with Crippen molar-refractivity contribution in [2.75, 3.05) is 26.5 Å². The van der Waals surface area contributed by atoms with Gasteiger partial charge in [-0.15, -0.1) is 24.0 Å². The van der Waals surface area contributed by atoms with Gasteiger partial charge in [0, 0.05) is 36.5 Å². The van der Waals surface area contributed by atoms with E-state index in [1.807, 2.05) is 11.8 Å². The lowest BCUT2D eigenvalue weighted by atomic mass is 10.1. The Labute approximate surface area is 174 Å². The van der Waals surface area contributed by atoms with Crippen molar-refractivity contribution in [1.82, 2.24) is 10.6 Å². The van der Waals surface area contributed by atoms with Crippen LogP contribution in [0.15, 0.2) is 23.2 Å². The first-order valence-corrected chi connectivity index (χ1v) is 9.14. The number of nitrogens with zero attached hydrogens (tertiary/aromatic N) is 1. The van der Waals surface area contributed by atoms with Crippen LogP contribution in [0, 0.1) is 0 Å². The van der Waals surface area contributed by atoms with E-state index in [4.69, 9.17) is 4.74 Å². The van der Waals surface area contributed by atoms with Gasteiger partial charge >= 0.3 is 6.61 Å². The fraction of sp³-hybridized carbons (Fsp3) is 0.588. The Bertz CT molecular complexity index is 599. The lowest BCUT2D eigenvalue weighted by Gasteiger charge is -2.24. The van der Waals surface area contributed by atoms with Gasteiger partial charge < -0.3 is 20.1 Å². The van der Waals surface area contributed by atoms with Crippen LogP contribution in [0.2, 0.25) is 0 Å². The fourth-order valence-electron chi connectivity index (χ4n) is 2.66. The van der Waals surface area contributed by atoms with Crippen LogP contribution in [0.3, 0.4) is 0 Å². The van der Waals surface area contributed by atoms with E-state index >= 15 is 0 Å². The van der Waals surface area contributed by atoms with Crippen LogP contribution in [-0.4, -0.2) is 43.8 Å². The molecular formula is C17H26F2IN3O2S. The fourth-order valence-corrected chi connectivity index (χ4v) is 3.90. The van der Waals surface area contributed by atoms with Crippen LogP contribution in [0.25, 0.3) is 0 Å². The summed E-state index contributed by atoms with van der Waals surface area (Å²) in [5.74, 6) is 2.38. The molecule has 0 amide bonds. The van der Waals surface area contributed by atoms with E-state index in [0.717, 1.165) is 6.54 Å². The Hall–Kier alpha value is -0.970. The molecule has 1 aliphatic heterocycles. The normalized spacial score (nSPS) is 19.8. The van der Waals surface area contributed by atoms with Crippen molar-refractivity contribution >= 4 is 41.7 Å². The molecular weight excluding hydrogens is 475 g/mol. The highest BCUT2D eigenvalue weighted by Crippen LogP contribution is 2.36. The number of nitrogens with one attached hydrogen (secondary N) is 2. The number of alkyl halides is 2. The van der Waals surface area contributed by atoms with Crippen LogP contribution < -0.4 is 20.1 Å². The zero-order valence-corrected chi connectivity index (χ0v) is 18.3. The number of thioether (sulfide) groups is 1. The molecule has 0 aromatic heterocycles. The number of guanidine groups is 1. The maximum atomic E-state index is 12.6. The second-order valence-electron chi connectivity index (χ2n) is 6.03. The van der Waals surface area contributed by atoms with Crippen molar-refractivity contribution in [3.8, 4) is 11.5 Å². The third-order valence-electron chi connectivity index (χ3n) is 4.09. The minimum absolute atomic E-state index is 0. The molecule has 0 bridgehead atoms. The Morgan fingerprint density at radius 2 is 2.15 bits per heavy atom. The van der Waals surface area contributed by atoms with Crippen LogP contribution in [0.4, 0.5) is 8.78 Å². The minimum Gasteiger partial charge on any atom is -0.497 e. The third kappa shape index (κ3) is 6.98. The number of hydrogen-bond acceptors (Lipinski definition) is 4. The molecule has 0 aliphatic carbocycles. The van der Waals surface area contributed by atoms with E-state index in [1.54, 1.807) is 19.2 Å². The number of halogens is 3. The molecule has 1 fully saturated rings. The average molecular weight is 501 g/mol. The zero-order chi connectivity index (χ0) is 18.3. The molecule has 1 heterocycles. The lowest BCUT2D eigenvalue weighted by Crippen LogP contribution is -2.43. The van der Waals surface area contributed by atoms with Crippen molar-refractivity contribution in [2.45, 2.75) is 37.7 Å². The number of ether oxygens (including phenoxy) is 2. The van der Waals surface area contributed by atoms with Gasteiger partial charge in [0.2, 0.25) is 0 Å². The monoisotopic (exact) mass is 501 g/mol. The highest BCUT2D eigenvalue weighted by molar-refractivity contribution is 14.0. The summed E-state index contributed by atoms with van der Waals surface area (Å²) in [6.07, 6.45) is 2.40. The first-order chi connectivity index (χ1) is 12.0. The standard InChI is InChI=1S/C17H25F2N3O2S.HI/c1-17(7-4-8-25-17)11-22-16(20-2)21-10-12-5-6-13(23-3)9-14(12)24-15(18)19;/h5-6,9,15H,4,7-8,10-11H2,1-3H3,(H2,20,21,22);1H. The smallest absolute Gasteiger partial charge is 0.387 e. The van der Waals surface area contributed by atoms with Crippen molar-refractivity contribution in [2.24, 2.45) is 4.99 Å². The van der Waals surface area contributed by atoms with E-state index in [9.17, 15) is 8.78 Å². The van der Waals surface area contributed by atoms with Gasteiger partial charge in [-0.2, -0.15) is 20.5 Å². The lowest BCUT2D eigenvalue weighted by molar-refractivity contribution is -0.0505. The summed E-state index contributed by atoms with van der Waals surface area (Å²) in [5, 5.41) is 6.45. The summed E-state index contributed by atoms with van der Waals surface area (Å²) in [6.45, 7) is 0.474. The molecule has 1 atom stereocenters. The molecule has 5 nitrogen and oxygen atoms in total. The molecule has 26 heavy (non-hydrogen) atoms. The topological polar surface area (TPSA) is 54.9 Å². The van der Waals surface area contributed by atoms with Crippen molar-refractivity contribution < 1.29 is 18.3 Å². The first-order valence-electron chi connectivity index (χ1n) is 8.16. The van der Waals surface area contributed by atoms with Gasteiger partial charge in [-0.25, -0.2) is 0 Å². The van der Waals surface area contributed by atoms with Gasteiger partial charge in [-0.05, 0) is 37.7 Å². The second kappa shape index (κ2) is 11.0. The minimum atomic E-state index is -2.89. The molecule has 1 unspecified atom stereocenters. The maximum Gasteiger partial charge on any atom is 0.387 e. The highest BCUT2D eigenvalue weighted by atomic mass is 127. The van der Waals surface area contributed by atoms with Crippen LogP contribution >= 0.6 is 35.7 Å². The Balaban J connectivity index is 0.00000338. The summed E-state index contributed by atoms with van der Waals surface area (Å²) in [6, 6.07) is 4.86. The molecule has 0 saturated carbocycles. The molecule has 0 radical (unpaired) electrons. The molecule has 2 N–H and O–H groups in total. The summed E-state index contributed by atoms with van der Waals surface area (Å²) < 4.78 is 35.1. The van der Waals surface area contributed by atoms with Crippen molar-refractivity contribution in [3.05, 3.63) is 23.8 Å². The number of aliphatic imine (C=N–C) groups is 1. The molecule has 2 rings (SSSR count). The largest absolute Gasteiger partial charge is 0.497 e. The third-order valence-corrected chi connectivity index (χ3v) is 5.63. The molecule has 1 aromatic rings. The van der Waals surface area contributed by atoms with E-state index in [0.29, 0.717) is 23.8 Å². The van der Waals surface area contributed by atoms with E-state index in [-0.39, 0.29) is 34.5 Å². The Morgan fingerprint density at radius 3 is 2.73 bits per heavy atom. The summed E-state index contributed by atoms with van der Waals surface area (Å²) in [4.78, 5) is 4.19. The number of methoxy groups -OCH3 is 1. The zero-order valence-electron chi connectivity index (χ0n) is 15.2. The quantitative estimate of drug-likeness (QED) is 0.338. The predicted molar refractivity (Wildman–Crippen MR) is 113 cm³/mol. The van der Waals surface area contributed by atoms with Gasteiger partial charge in [-0.1, -0.05) is 0 Å². The van der Waals surface area contributed by atoms with E-state index < -0.39 is 6.61 Å². The van der Waals surface area contributed by atoms with Crippen molar-refractivity contribution in [1.29, 1.82) is 0 Å². The SMILES string of the molecule is CN=C(NCc1ccc(OC)cc1OC(F)F)NCC1(C)CCCS1.I. The first kappa shape index (κ1) is 23.1. The highest BCUT2D eigenvalue weighted by Gasteiger charge is 2.29. The van der Waals surface area contributed by atoms with Crippen LogP contribution in [0.5, 0.6) is 11.5 Å². The Kier molecular flexibility index (Phi) is 9.77. The molecule has 1 aliphatic rings. The van der Waals surface area contributed by atoms with Crippen LogP contribution in [-0.2, 0) is 6.54 Å². The summed E-state index contributed by atoms with van der Waals surface area (Å²) in [5.41, 5.74) is 0.602. The van der Waals surface area contributed by atoms with Crippen LogP contribution in [0.1, 0.15) is 25.3 Å². The van der Waals surface area contributed by atoms with E-state index in [1.165, 1.54) is 31.8 Å². The van der Waals surface area contributed by atoms with Gasteiger partial charge in [0.15, 0.2) is 5.96 Å². The number of hydrogen-bond donors (Lipinski definition) is 2. The molecule has 1 saturated heterocycles. The van der Waals surface area contributed by atoms with Crippen molar-refractivity contribution in [3.63, 3.8) is 0 Å². The average Bonchev–Trinajstić information content (AvgIpc) is 3.02. The number of rotatable bonds is 7. The molecule has 0 spiro atoms. The van der Waals surface area contributed by atoms with Gasteiger partial charge in [-0.3, -0.25) is 4.99 Å². The molecule has 148 valence electrons.